The molecule has 0 amide bonds. The molecular weight excluding hydrogens is 331 g/mol. The summed E-state index contributed by atoms with van der Waals surface area (Å²) < 4.78 is 14.6. The molecule has 2 aromatic rings. The van der Waals surface area contributed by atoms with E-state index < -0.39 is 11.9 Å². The fourth-order valence-corrected chi connectivity index (χ4v) is 2.52. The number of hydrogen-bond donors (Lipinski definition) is 1. The molecule has 0 radical (unpaired) electrons. The van der Waals surface area contributed by atoms with Crippen LogP contribution in [0.4, 0.5) is 4.39 Å². The highest BCUT2D eigenvalue weighted by Gasteiger charge is 2.20. The fraction of sp³-hybridized carbons (Fsp3) is 0.200. The summed E-state index contributed by atoms with van der Waals surface area (Å²) in [6.45, 7) is 2.00. The van der Waals surface area contributed by atoms with Crippen molar-refractivity contribution in [3.63, 3.8) is 0 Å². The zero-order valence-corrected chi connectivity index (χ0v) is 12.7. The first kappa shape index (κ1) is 14.5. The topological polar surface area (TPSA) is 20.2 Å². The molecule has 0 saturated heterocycles. The number of rotatable bonds is 3. The van der Waals surface area contributed by atoms with E-state index in [1.165, 1.54) is 0 Å². The van der Waals surface area contributed by atoms with Crippen molar-refractivity contribution in [1.29, 1.82) is 0 Å². The van der Waals surface area contributed by atoms with Gasteiger partial charge in [-0.05, 0) is 39.5 Å². The number of benzene rings is 2. The Morgan fingerprint density at radius 1 is 1.21 bits per heavy atom. The molecule has 2 rings (SSSR count). The zero-order chi connectivity index (χ0) is 14.0. The average molecular weight is 344 g/mol. The lowest BCUT2D eigenvalue weighted by Crippen LogP contribution is -2.06. The van der Waals surface area contributed by atoms with Gasteiger partial charge in [0.1, 0.15) is 11.9 Å². The van der Waals surface area contributed by atoms with Crippen LogP contribution in [0.1, 0.15) is 29.7 Å². The van der Waals surface area contributed by atoms with Crippen LogP contribution in [0, 0.1) is 5.82 Å². The largest absolute Gasteiger partial charge is 0.384 e. The summed E-state index contributed by atoms with van der Waals surface area (Å²) in [5, 5.41) is 10.4. The molecule has 1 unspecified atom stereocenters. The lowest BCUT2D eigenvalue weighted by Gasteiger charge is -2.16. The number of aliphatic hydroxyl groups excluding tert-OH is 1. The maximum Gasteiger partial charge on any atom is 0.149 e. The van der Waals surface area contributed by atoms with Crippen LogP contribution in [0.15, 0.2) is 40.9 Å². The monoisotopic (exact) mass is 342 g/mol. The zero-order valence-electron chi connectivity index (χ0n) is 10.3. The third kappa shape index (κ3) is 2.83. The van der Waals surface area contributed by atoms with Gasteiger partial charge in [0.25, 0.3) is 0 Å². The second-order valence-electron chi connectivity index (χ2n) is 4.22. The van der Waals surface area contributed by atoms with Crippen LogP contribution >= 0.6 is 27.5 Å². The lowest BCUT2D eigenvalue weighted by atomic mass is 9.95. The second kappa shape index (κ2) is 6.04. The van der Waals surface area contributed by atoms with Crippen molar-refractivity contribution in [3.05, 3.63) is 68.4 Å². The average Bonchev–Trinajstić information content (AvgIpc) is 2.44. The summed E-state index contributed by atoms with van der Waals surface area (Å²) in [6, 6.07) is 10.6. The van der Waals surface area contributed by atoms with Crippen molar-refractivity contribution in [2.24, 2.45) is 0 Å². The van der Waals surface area contributed by atoms with Crippen molar-refractivity contribution < 1.29 is 9.50 Å². The third-order valence-corrected chi connectivity index (χ3v) is 4.35. The Labute approximate surface area is 125 Å². The lowest BCUT2D eigenvalue weighted by molar-refractivity contribution is 0.214. The van der Waals surface area contributed by atoms with Crippen LogP contribution in [0.2, 0.25) is 5.02 Å². The number of halogens is 3. The summed E-state index contributed by atoms with van der Waals surface area (Å²) in [6.07, 6.45) is -0.235. The van der Waals surface area contributed by atoms with Crippen molar-refractivity contribution in [3.8, 4) is 0 Å². The molecule has 1 atom stereocenters. The Balaban J connectivity index is 2.50. The van der Waals surface area contributed by atoms with E-state index in [2.05, 4.69) is 15.9 Å². The minimum absolute atomic E-state index is 0.00877. The van der Waals surface area contributed by atoms with Crippen LogP contribution in [0.25, 0.3) is 0 Å². The Morgan fingerprint density at radius 3 is 2.58 bits per heavy atom. The van der Waals surface area contributed by atoms with Crippen LogP contribution in [-0.2, 0) is 6.42 Å². The fourth-order valence-electron chi connectivity index (χ4n) is 2.04. The van der Waals surface area contributed by atoms with E-state index >= 15 is 0 Å². The highest BCUT2D eigenvalue weighted by molar-refractivity contribution is 9.10. The highest BCUT2D eigenvalue weighted by Crippen LogP contribution is 2.33. The molecule has 19 heavy (non-hydrogen) atoms. The van der Waals surface area contributed by atoms with Gasteiger partial charge in [0, 0.05) is 10.0 Å². The maximum atomic E-state index is 14.1. The molecule has 2 aromatic carbocycles. The molecular formula is C15H13BrClFO. The molecule has 1 N–H and O–H groups in total. The first-order valence-electron chi connectivity index (χ1n) is 5.95. The summed E-state index contributed by atoms with van der Waals surface area (Å²) in [5.41, 5.74) is 1.89. The van der Waals surface area contributed by atoms with E-state index in [9.17, 15) is 9.50 Å². The van der Waals surface area contributed by atoms with Gasteiger partial charge in [-0.3, -0.25) is 0 Å². The van der Waals surface area contributed by atoms with E-state index in [-0.39, 0.29) is 10.6 Å². The predicted molar refractivity (Wildman–Crippen MR) is 79.0 cm³/mol. The molecule has 0 fully saturated rings. The minimum Gasteiger partial charge on any atom is -0.384 e. The first-order chi connectivity index (χ1) is 9.06. The van der Waals surface area contributed by atoms with Gasteiger partial charge in [-0.15, -0.1) is 0 Å². The van der Waals surface area contributed by atoms with Gasteiger partial charge in [-0.25, -0.2) is 4.39 Å². The summed E-state index contributed by atoms with van der Waals surface area (Å²) in [4.78, 5) is 0. The summed E-state index contributed by atoms with van der Waals surface area (Å²) in [5.74, 6) is -0.588. The van der Waals surface area contributed by atoms with Crippen LogP contribution in [0.5, 0.6) is 0 Å². The van der Waals surface area contributed by atoms with Gasteiger partial charge < -0.3 is 5.11 Å². The van der Waals surface area contributed by atoms with Crippen LogP contribution in [0.3, 0.4) is 0 Å². The summed E-state index contributed by atoms with van der Waals surface area (Å²) >= 11 is 9.02. The van der Waals surface area contributed by atoms with Crippen LogP contribution < -0.4 is 0 Å². The molecule has 0 heterocycles. The normalized spacial score (nSPS) is 12.5. The number of hydrogen-bond acceptors (Lipinski definition) is 1. The van der Waals surface area contributed by atoms with Gasteiger partial charge in [-0.1, -0.05) is 48.9 Å². The molecule has 100 valence electrons. The number of aryl methyl sites for hydroxylation is 1. The van der Waals surface area contributed by atoms with Crippen molar-refractivity contribution >= 4 is 27.5 Å². The second-order valence-corrected chi connectivity index (χ2v) is 5.45. The van der Waals surface area contributed by atoms with E-state index in [4.69, 9.17) is 11.6 Å². The quantitative estimate of drug-likeness (QED) is 0.787. The Morgan fingerprint density at radius 2 is 1.89 bits per heavy atom. The van der Waals surface area contributed by atoms with E-state index in [1.54, 1.807) is 18.2 Å². The van der Waals surface area contributed by atoms with Crippen molar-refractivity contribution in [2.45, 2.75) is 19.4 Å². The Bertz CT molecular complexity index is 601. The Kier molecular flexibility index (Phi) is 4.61. The van der Waals surface area contributed by atoms with E-state index in [0.717, 1.165) is 12.0 Å². The smallest absolute Gasteiger partial charge is 0.149 e. The predicted octanol–water partition coefficient (Wildman–Crippen LogP) is 4.89. The van der Waals surface area contributed by atoms with Gasteiger partial charge in [0.05, 0.1) is 5.02 Å². The molecule has 0 spiro atoms. The molecule has 0 bridgehead atoms. The van der Waals surface area contributed by atoms with Gasteiger partial charge in [0.15, 0.2) is 0 Å². The standard InChI is InChI=1S/C15H13BrClFO/c1-2-9-5-3-4-6-10(9)15(19)11-7-8-12(16)13(17)14(11)18/h3-8,15,19H,2H2,1H3. The SMILES string of the molecule is CCc1ccccc1C(O)c1ccc(Br)c(Cl)c1F. The van der Waals surface area contributed by atoms with Gasteiger partial charge in [0.2, 0.25) is 0 Å². The molecule has 0 saturated carbocycles. The molecule has 0 aliphatic carbocycles. The van der Waals surface area contributed by atoms with Crippen molar-refractivity contribution in [2.75, 3.05) is 0 Å². The van der Waals surface area contributed by atoms with Gasteiger partial charge >= 0.3 is 0 Å². The van der Waals surface area contributed by atoms with Crippen LogP contribution in [-0.4, -0.2) is 5.11 Å². The van der Waals surface area contributed by atoms with Gasteiger partial charge in [-0.2, -0.15) is 0 Å². The highest BCUT2D eigenvalue weighted by atomic mass is 79.9. The maximum absolute atomic E-state index is 14.1. The molecule has 0 aromatic heterocycles. The molecule has 0 aliphatic rings. The molecule has 0 aliphatic heterocycles. The van der Waals surface area contributed by atoms with E-state index in [1.807, 2.05) is 25.1 Å². The summed E-state index contributed by atoms with van der Waals surface area (Å²) in [7, 11) is 0. The Hall–Kier alpha value is -0.900. The van der Waals surface area contributed by atoms with Crippen molar-refractivity contribution in [1.82, 2.24) is 0 Å². The van der Waals surface area contributed by atoms with E-state index in [0.29, 0.717) is 10.0 Å². The number of aliphatic hydroxyl groups is 1. The minimum atomic E-state index is -1.01. The molecule has 1 nitrogen and oxygen atoms in total. The third-order valence-electron chi connectivity index (χ3n) is 3.09. The molecule has 4 heteroatoms. The first-order valence-corrected chi connectivity index (χ1v) is 7.12.